The van der Waals surface area contributed by atoms with Gasteiger partial charge in [0.15, 0.2) is 16.8 Å². The molecule has 2 heterocycles. The molecule has 0 saturated heterocycles. The summed E-state index contributed by atoms with van der Waals surface area (Å²) in [4.78, 5) is 12.5. The number of thioether (sulfide) groups is 1. The van der Waals surface area contributed by atoms with Crippen molar-refractivity contribution in [3.63, 3.8) is 0 Å². The van der Waals surface area contributed by atoms with Gasteiger partial charge in [0.2, 0.25) is 0 Å². The lowest BCUT2D eigenvalue weighted by atomic mass is 9.97. The van der Waals surface area contributed by atoms with Crippen molar-refractivity contribution in [2.75, 3.05) is 5.75 Å². The molecule has 5 nitrogen and oxygen atoms in total. The van der Waals surface area contributed by atoms with Gasteiger partial charge in [-0.3, -0.25) is 4.79 Å². The highest BCUT2D eigenvalue weighted by molar-refractivity contribution is 7.99. The predicted octanol–water partition coefficient (Wildman–Crippen LogP) is 4.87. The predicted molar refractivity (Wildman–Crippen MR) is 104 cm³/mol. The normalized spacial score (nSPS) is 12.3. The van der Waals surface area contributed by atoms with Gasteiger partial charge in [-0.05, 0) is 30.9 Å². The molecule has 26 heavy (non-hydrogen) atoms. The van der Waals surface area contributed by atoms with Crippen LogP contribution >= 0.6 is 11.8 Å². The maximum atomic E-state index is 12.5. The maximum Gasteiger partial charge on any atom is 0.191 e. The van der Waals surface area contributed by atoms with Gasteiger partial charge in [0.25, 0.3) is 0 Å². The number of rotatable bonds is 7. The number of Topliss-reactive ketones (excluding diaryl/α,β-unsaturated/α-hetero) is 1. The molecular formula is C20H23N3O2S. The van der Waals surface area contributed by atoms with Crippen molar-refractivity contribution in [3.05, 3.63) is 53.5 Å². The molecule has 0 amide bonds. The van der Waals surface area contributed by atoms with Crippen LogP contribution in [0.5, 0.6) is 0 Å². The lowest BCUT2D eigenvalue weighted by Gasteiger charge is -2.09. The molecule has 0 aliphatic heterocycles. The van der Waals surface area contributed by atoms with E-state index in [2.05, 4.69) is 24.0 Å². The molecule has 0 fully saturated rings. The zero-order valence-corrected chi connectivity index (χ0v) is 16.3. The Labute approximate surface area is 157 Å². The number of carbonyl (C=O) groups excluding carboxylic acids is 1. The molecule has 0 bridgehead atoms. The Bertz CT molecular complexity index is 896. The van der Waals surface area contributed by atoms with Crippen LogP contribution in [-0.2, 0) is 7.05 Å². The molecule has 0 spiro atoms. The van der Waals surface area contributed by atoms with Crippen molar-refractivity contribution >= 4 is 17.5 Å². The van der Waals surface area contributed by atoms with Crippen molar-refractivity contribution in [3.8, 4) is 11.4 Å². The van der Waals surface area contributed by atoms with Crippen LogP contribution in [0.3, 0.4) is 0 Å². The van der Waals surface area contributed by atoms with Gasteiger partial charge in [-0.1, -0.05) is 49.9 Å². The van der Waals surface area contributed by atoms with Gasteiger partial charge in [0, 0.05) is 12.6 Å². The molecule has 6 heteroatoms. The van der Waals surface area contributed by atoms with Crippen LogP contribution < -0.4 is 0 Å². The van der Waals surface area contributed by atoms with E-state index in [1.54, 1.807) is 6.26 Å². The molecule has 3 rings (SSSR count). The largest absolute Gasteiger partial charge is 0.469 e. The monoisotopic (exact) mass is 369 g/mol. The summed E-state index contributed by atoms with van der Waals surface area (Å²) in [5.74, 6) is 2.48. The quantitative estimate of drug-likeness (QED) is 0.439. The van der Waals surface area contributed by atoms with E-state index in [4.69, 9.17) is 4.42 Å². The summed E-state index contributed by atoms with van der Waals surface area (Å²) in [7, 11) is 1.90. The van der Waals surface area contributed by atoms with E-state index >= 15 is 0 Å². The number of aryl methyl sites for hydroxylation is 1. The van der Waals surface area contributed by atoms with Gasteiger partial charge in [-0.25, -0.2) is 0 Å². The number of ketones is 1. The van der Waals surface area contributed by atoms with Gasteiger partial charge in [0.1, 0.15) is 5.76 Å². The van der Waals surface area contributed by atoms with Gasteiger partial charge in [-0.2, -0.15) is 0 Å². The third-order valence-corrected chi connectivity index (χ3v) is 5.70. The second-order valence-electron chi connectivity index (χ2n) is 6.40. The first kappa shape index (κ1) is 18.5. The first-order valence-corrected chi connectivity index (χ1v) is 9.69. The van der Waals surface area contributed by atoms with Crippen molar-refractivity contribution in [2.45, 2.75) is 38.3 Å². The molecule has 1 atom stereocenters. The van der Waals surface area contributed by atoms with Crippen LogP contribution in [0.1, 0.15) is 47.9 Å². The minimum atomic E-state index is 0.0924. The lowest BCUT2D eigenvalue weighted by molar-refractivity contribution is 0.102. The fourth-order valence-electron chi connectivity index (χ4n) is 2.74. The second kappa shape index (κ2) is 7.91. The SMILES string of the molecule is CC[C@@H](C)c1ccc(C(=O)CSc2nnc(-c3ccoc3C)n2C)cc1. The Kier molecular flexibility index (Phi) is 5.61. The molecule has 0 N–H and O–H groups in total. The number of carbonyl (C=O) groups is 1. The van der Waals surface area contributed by atoms with Crippen molar-refractivity contribution in [1.29, 1.82) is 0 Å². The highest BCUT2D eigenvalue weighted by Gasteiger charge is 2.16. The van der Waals surface area contributed by atoms with Gasteiger partial charge in [0.05, 0.1) is 17.6 Å². The van der Waals surface area contributed by atoms with E-state index in [9.17, 15) is 4.79 Å². The number of furan rings is 1. The van der Waals surface area contributed by atoms with Crippen LogP contribution in [0.25, 0.3) is 11.4 Å². The Morgan fingerprint density at radius 3 is 2.58 bits per heavy atom. The topological polar surface area (TPSA) is 60.9 Å². The third kappa shape index (κ3) is 3.75. The zero-order valence-electron chi connectivity index (χ0n) is 15.5. The minimum absolute atomic E-state index is 0.0924. The number of hydrogen-bond acceptors (Lipinski definition) is 5. The van der Waals surface area contributed by atoms with Crippen LogP contribution in [-0.4, -0.2) is 26.3 Å². The van der Waals surface area contributed by atoms with Crippen molar-refractivity contribution in [2.24, 2.45) is 7.05 Å². The van der Waals surface area contributed by atoms with Crippen LogP contribution in [0.15, 0.2) is 46.2 Å². The molecule has 0 aliphatic rings. The molecule has 1 aromatic carbocycles. The minimum Gasteiger partial charge on any atom is -0.469 e. The molecule has 0 radical (unpaired) electrons. The Hall–Kier alpha value is -2.34. The van der Waals surface area contributed by atoms with Gasteiger partial charge in [-0.15, -0.1) is 10.2 Å². The molecule has 0 unspecified atom stereocenters. The summed E-state index contributed by atoms with van der Waals surface area (Å²) in [6.07, 6.45) is 2.73. The highest BCUT2D eigenvalue weighted by Crippen LogP contribution is 2.26. The van der Waals surface area contributed by atoms with E-state index in [0.29, 0.717) is 16.8 Å². The van der Waals surface area contributed by atoms with Crippen LogP contribution in [0.4, 0.5) is 0 Å². The standard InChI is InChI=1S/C20H23N3O2S/c1-5-13(2)15-6-8-16(9-7-15)18(24)12-26-20-22-21-19(23(20)4)17-10-11-25-14(17)3/h6-11,13H,5,12H2,1-4H3/t13-/m1/s1. The summed E-state index contributed by atoms with van der Waals surface area (Å²) >= 11 is 1.40. The first-order valence-electron chi connectivity index (χ1n) is 8.71. The average Bonchev–Trinajstić information content (AvgIpc) is 3.24. The number of nitrogens with zero attached hydrogens (tertiary/aromatic N) is 3. The average molecular weight is 369 g/mol. The maximum absolute atomic E-state index is 12.5. The van der Waals surface area contributed by atoms with E-state index < -0.39 is 0 Å². The molecule has 0 saturated carbocycles. The highest BCUT2D eigenvalue weighted by atomic mass is 32.2. The second-order valence-corrected chi connectivity index (χ2v) is 7.34. The van der Waals surface area contributed by atoms with Gasteiger partial charge >= 0.3 is 0 Å². The molecule has 0 aliphatic carbocycles. The van der Waals surface area contributed by atoms with E-state index in [-0.39, 0.29) is 5.78 Å². The molecule has 136 valence electrons. The van der Waals surface area contributed by atoms with E-state index in [1.807, 2.05) is 48.9 Å². The summed E-state index contributed by atoms with van der Waals surface area (Å²) in [6, 6.07) is 9.81. The fraction of sp³-hybridized carbons (Fsp3) is 0.350. The summed E-state index contributed by atoms with van der Waals surface area (Å²) in [5.41, 5.74) is 2.92. The van der Waals surface area contributed by atoms with E-state index in [1.165, 1.54) is 17.3 Å². The Morgan fingerprint density at radius 2 is 1.96 bits per heavy atom. The molecular weight excluding hydrogens is 346 g/mol. The summed E-state index contributed by atoms with van der Waals surface area (Å²) in [6.45, 7) is 6.25. The number of benzene rings is 1. The first-order chi connectivity index (χ1) is 12.5. The molecule has 2 aromatic heterocycles. The summed E-state index contributed by atoms with van der Waals surface area (Å²) in [5, 5.41) is 9.15. The van der Waals surface area contributed by atoms with Crippen LogP contribution in [0.2, 0.25) is 0 Å². The zero-order chi connectivity index (χ0) is 18.7. The van der Waals surface area contributed by atoms with Crippen molar-refractivity contribution in [1.82, 2.24) is 14.8 Å². The van der Waals surface area contributed by atoms with E-state index in [0.717, 1.165) is 29.1 Å². The lowest BCUT2D eigenvalue weighted by Crippen LogP contribution is -2.04. The van der Waals surface area contributed by atoms with Crippen molar-refractivity contribution < 1.29 is 9.21 Å². The molecule has 3 aromatic rings. The number of hydrogen-bond donors (Lipinski definition) is 0. The van der Waals surface area contributed by atoms with Crippen LogP contribution in [0, 0.1) is 6.92 Å². The smallest absolute Gasteiger partial charge is 0.191 e. The van der Waals surface area contributed by atoms with Gasteiger partial charge < -0.3 is 8.98 Å². The Morgan fingerprint density at radius 1 is 1.23 bits per heavy atom. The third-order valence-electron chi connectivity index (χ3n) is 4.68. The Balaban J connectivity index is 1.67. The number of aromatic nitrogens is 3. The fourth-order valence-corrected chi connectivity index (χ4v) is 3.54. The summed E-state index contributed by atoms with van der Waals surface area (Å²) < 4.78 is 7.22.